The van der Waals surface area contributed by atoms with Crippen LogP contribution in [0.5, 0.6) is 5.75 Å². The Bertz CT molecular complexity index is 466. The fourth-order valence-corrected chi connectivity index (χ4v) is 1.29. The number of hydrogen-bond donors (Lipinski definition) is 1. The van der Waals surface area contributed by atoms with E-state index >= 15 is 0 Å². The molecule has 3 heteroatoms. The molecule has 1 aromatic carbocycles. The normalized spacial score (nSPS) is 10.6. The Morgan fingerprint density at radius 3 is 2.77 bits per heavy atom. The van der Waals surface area contributed by atoms with Crippen molar-refractivity contribution >= 4 is 10.9 Å². The number of nitrogens with zero attached hydrogens (tertiary/aromatic N) is 2. The second-order valence-corrected chi connectivity index (χ2v) is 3.08. The van der Waals surface area contributed by atoms with Gasteiger partial charge in [0, 0.05) is 6.20 Å². The highest BCUT2D eigenvalue weighted by Crippen LogP contribution is 2.25. The minimum absolute atomic E-state index is 0.275. The van der Waals surface area contributed by atoms with Crippen LogP contribution in [0.25, 0.3) is 10.9 Å². The van der Waals surface area contributed by atoms with E-state index in [2.05, 4.69) is 9.97 Å². The summed E-state index contributed by atoms with van der Waals surface area (Å²) in [6.45, 7) is 3.69. The zero-order chi connectivity index (χ0) is 9.42. The third-order valence-corrected chi connectivity index (χ3v) is 2.06. The molecule has 0 radical (unpaired) electrons. The molecule has 0 saturated heterocycles. The molecule has 0 atom stereocenters. The molecular weight excluding hydrogens is 164 g/mol. The molecule has 0 aliphatic carbocycles. The summed E-state index contributed by atoms with van der Waals surface area (Å²) < 4.78 is 0. The molecule has 1 heterocycles. The van der Waals surface area contributed by atoms with Gasteiger partial charge in [-0.25, -0.2) is 9.97 Å². The van der Waals surface area contributed by atoms with Gasteiger partial charge in [0.25, 0.3) is 0 Å². The molecular formula is C10H10N2O. The Labute approximate surface area is 76.1 Å². The smallest absolute Gasteiger partial charge is 0.129 e. The molecule has 0 aliphatic heterocycles. The number of aromatic hydroxyl groups is 1. The van der Waals surface area contributed by atoms with E-state index in [-0.39, 0.29) is 5.75 Å². The topological polar surface area (TPSA) is 46.0 Å². The second kappa shape index (κ2) is 2.69. The fraction of sp³-hybridized carbons (Fsp3) is 0.200. The average molecular weight is 174 g/mol. The van der Waals surface area contributed by atoms with Gasteiger partial charge in [0.1, 0.15) is 11.6 Å². The highest BCUT2D eigenvalue weighted by atomic mass is 16.3. The minimum atomic E-state index is 0.275. The monoisotopic (exact) mass is 174 g/mol. The third kappa shape index (κ3) is 1.22. The van der Waals surface area contributed by atoms with Crippen molar-refractivity contribution in [2.45, 2.75) is 13.8 Å². The molecule has 3 nitrogen and oxygen atoms in total. The number of benzene rings is 1. The van der Waals surface area contributed by atoms with E-state index in [1.807, 2.05) is 26.0 Å². The van der Waals surface area contributed by atoms with Crippen LogP contribution in [0.1, 0.15) is 11.4 Å². The Hall–Kier alpha value is -1.64. The quantitative estimate of drug-likeness (QED) is 0.664. The van der Waals surface area contributed by atoms with Gasteiger partial charge in [0.15, 0.2) is 0 Å². The highest BCUT2D eigenvalue weighted by Gasteiger charge is 2.03. The molecule has 2 aromatic rings. The van der Waals surface area contributed by atoms with Gasteiger partial charge in [-0.15, -0.1) is 0 Å². The molecule has 0 aliphatic rings. The third-order valence-electron chi connectivity index (χ3n) is 2.06. The summed E-state index contributed by atoms with van der Waals surface area (Å²) >= 11 is 0. The zero-order valence-electron chi connectivity index (χ0n) is 7.57. The van der Waals surface area contributed by atoms with Crippen LogP contribution in [0.3, 0.4) is 0 Å². The molecule has 1 aromatic heterocycles. The maximum absolute atomic E-state index is 9.67. The minimum Gasteiger partial charge on any atom is -0.507 e. The van der Waals surface area contributed by atoms with Crippen molar-refractivity contribution in [3.63, 3.8) is 0 Å². The molecule has 0 fully saturated rings. The maximum Gasteiger partial charge on any atom is 0.129 e. The highest BCUT2D eigenvalue weighted by molar-refractivity contribution is 5.85. The summed E-state index contributed by atoms with van der Waals surface area (Å²) in [7, 11) is 0. The number of hydrogen-bond acceptors (Lipinski definition) is 3. The van der Waals surface area contributed by atoms with Gasteiger partial charge in [-0.3, -0.25) is 0 Å². The number of aromatic nitrogens is 2. The van der Waals surface area contributed by atoms with Gasteiger partial charge in [-0.2, -0.15) is 0 Å². The van der Waals surface area contributed by atoms with Gasteiger partial charge >= 0.3 is 0 Å². The number of fused-ring (bicyclic) bond motifs is 1. The van der Waals surface area contributed by atoms with Gasteiger partial charge in [-0.1, -0.05) is 6.07 Å². The van der Waals surface area contributed by atoms with Crippen LogP contribution in [0.2, 0.25) is 0 Å². The van der Waals surface area contributed by atoms with E-state index in [9.17, 15) is 5.11 Å². The van der Waals surface area contributed by atoms with Gasteiger partial charge in [0.05, 0.1) is 10.9 Å². The number of rotatable bonds is 0. The first-order valence-corrected chi connectivity index (χ1v) is 4.10. The summed E-state index contributed by atoms with van der Waals surface area (Å²) in [5, 5.41) is 10.4. The standard InChI is InChI=1S/C10H10N2O/c1-6-3-4-9-8(10(6)13)5-11-7(2)12-9/h3-5,13H,1-2H3. The van der Waals surface area contributed by atoms with Crippen LogP contribution < -0.4 is 0 Å². The zero-order valence-corrected chi connectivity index (χ0v) is 7.57. The predicted octanol–water partition coefficient (Wildman–Crippen LogP) is 1.95. The summed E-state index contributed by atoms with van der Waals surface area (Å²) in [6.07, 6.45) is 1.65. The van der Waals surface area contributed by atoms with Crippen LogP contribution in [-0.2, 0) is 0 Å². The van der Waals surface area contributed by atoms with Crippen LogP contribution in [-0.4, -0.2) is 15.1 Å². The van der Waals surface area contributed by atoms with Crippen molar-refractivity contribution in [3.05, 3.63) is 29.7 Å². The molecule has 0 unspecified atom stereocenters. The van der Waals surface area contributed by atoms with Crippen molar-refractivity contribution < 1.29 is 5.11 Å². The summed E-state index contributed by atoms with van der Waals surface area (Å²) in [5.74, 6) is 0.994. The summed E-state index contributed by atoms with van der Waals surface area (Å²) in [5.41, 5.74) is 1.63. The molecule has 13 heavy (non-hydrogen) atoms. The lowest BCUT2D eigenvalue weighted by Gasteiger charge is -2.02. The van der Waals surface area contributed by atoms with Crippen LogP contribution >= 0.6 is 0 Å². The second-order valence-electron chi connectivity index (χ2n) is 3.08. The van der Waals surface area contributed by atoms with Crippen LogP contribution in [0.4, 0.5) is 0 Å². The molecule has 0 spiro atoms. The van der Waals surface area contributed by atoms with E-state index in [1.54, 1.807) is 6.20 Å². The van der Waals surface area contributed by atoms with Crippen molar-refractivity contribution in [2.75, 3.05) is 0 Å². The van der Waals surface area contributed by atoms with E-state index in [4.69, 9.17) is 0 Å². The van der Waals surface area contributed by atoms with E-state index in [1.165, 1.54) is 0 Å². The molecule has 1 N–H and O–H groups in total. The lowest BCUT2D eigenvalue weighted by molar-refractivity contribution is 0.477. The van der Waals surface area contributed by atoms with Gasteiger partial charge in [-0.05, 0) is 25.5 Å². The molecule has 0 bridgehead atoms. The summed E-state index contributed by atoms with van der Waals surface area (Å²) in [6, 6.07) is 3.74. The Balaban J connectivity index is 2.87. The first-order chi connectivity index (χ1) is 6.18. The average Bonchev–Trinajstić information content (AvgIpc) is 2.12. The molecule has 66 valence electrons. The lowest BCUT2D eigenvalue weighted by Crippen LogP contribution is -1.88. The maximum atomic E-state index is 9.67. The Morgan fingerprint density at radius 2 is 2.00 bits per heavy atom. The molecule has 2 rings (SSSR count). The fourth-order valence-electron chi connectivity index (χ4n) is 1.29. The number of phenolic OH excluding ortho intramolecular Hbond substituents is 1. The van der Waals surface area contributed by atoms with E-state index in [0.717, 1.165) is 16.9 Å². The number of aryl methyl sites for hydroxylation is 2. The van der Waals surface area contributed by atoms with Crippen LogP contribution in [0.15, 0.2) is 18.3 Å². The predicted molar refractivity (Wildman–Crippen MR) is 50.7 cm³/mol. The summed E-state index contributed by atoms with van der Waals surface area (Å²) in [4.78, 5) is 8.24. The SMILES string of the molecule is Cc1ncc2c(O)c(C)ccc2n1. The van der Waals surface area contributed by atoms with Gasteiger partial charge in [0.2, 0.25) is 0 Å². The molecule has 0 saturated carbocycles. The van der Waals surface area contributed by atoms with E-state index in [0.29, 0.717) is 5.39 Å². The Morgan fingerprint density at radius 1 is 1.23 bits per heavy atom. The van der Waals surface area contributed by atoms with Gasteiger partial charge < -0.3 is 5.11 Å². The van der Waals surface area contributed by atoms with Crippen molar-refractivity contribution in [3.8, 4) is 5.75 Å². The van der Waals surface area contributed by atoms with E-state index < -0.39 is 0 Å². The number of phenols is 1. The van der Waals surface area contributed by atoms with Crippen LogP contribution in [0, 0.1) is 13.8 Å². The first kappa shape index (κ1) is 7.98. The van der Waals surface area contributed by atoms with Crippen molar-refractivity contribution in [2.24, 2.45) is 0 Å². The lowest BCUT2D eigenvalue weighted by atomic mass is 10.1. The largest absolute Gasteiger partial charge is 0.507 e. The van der Waals surface area contributed by atoms with Crippen molar-refractivity contribution in [1.29, 1.82) is 0 Å². The van der Waals surface area contributed by atoms with Crippen molar-refractivity contribution in [1.82, 2.24) is 9.97 Å². The molecule has 0 amide bonds. The Kier molecular flexibility index (Phi) is 1.65. The first-order valence-electron chi connectivity index (χ1n) is 4.10.